The summed E-state index contributed by atoms with van der Waals surface area (Å²) in [6, 6.07) is 10.1. The Morgan fingerprint density at radius 3 is 2.66 bits per heavy atom. The van der Waals surface area contributed by atoms with E-state index in [1.807, 2.05) is 30.7 Å². The van der Waals surface area contributed by atoms with Gasteiger partial charge < -0.3 is 19.1 Å². The second kappa shape index (κ2) is 10.5. The number of halogens is 2. The van der Waals surface area contributed by atoms with Crippen LogP contribution < -0.4 is 19.1 Å². The van der Waals surface area contributed by atoms with Crippen molar-refractivity contribution in [2.45, 2.75) is 59.0 Å². The van der Waals surface area contributed by atoms with Crippen LogP contribution in [0.3, 0.4) is 0 Å². The molecule has 1 atom stereocenters. The summed E-state index contributed by atoms with van der Waals surface area (Å²) in [6.45, 7) is 7.25. The van der Waals surface area contributed by atoms with Crippen molar-refractivity contribution in [2.75, 3.05) is 18.8 Å². The third-order valence-corrected chi connectivity index (χ3v) is 6.87. The van der Waals surface area contributed by atoms with E-state index in [1.54, 1.807) is 7.11 Å². The van der Waals surface area contributed by atoms with Gasteiger partial charge in [0, 0.05) is 12.6 Å². The minimum Gasteiger partial charge on any atom is -0.496 e. The predicted molar refractivity (Wildman–Crippen MR) is 140 cm³/mol. The Balaban J connectivity index is 0.00000289. The smallest absolute Gasteiger partial charge is 0.250 e. The summed E-state index contributed by atoms with van der Waals surface area (Å²) in [5.74, 6) is 4.52. The molecule has 2 aliphatic rings. The van der Waals surface area contributed by atoms with Gasteiger partial charge in [-0.05, 0) is 61.9 Å². The molecule has 0 amide bonds. The maximum absolute atomic E-state index is 6.88. The van der Waals surface area contributed by atoms with Crippen LogP contribution in [0.2, 0.25) is 5.02 Å². The molecule has 1 aliphatic heterocycles. The number of methoxy groups -OCH3 is 1. The van der Waals surface area contributed by atoms with Crippen LogP contribution in [-0.2, 0) is 6.54 Å². The van der Waals surface area contributed by atoms with Gasteiger partial charge in [0.05, 0.1) is 23.9 Å². The predicted octanol–water partition coefficient (Wildman–Crippen LogP) is 6.80. The Kier molecular flexibility index (Phi) is 7.67. The summed E-state index contributed by atoms with van der Waals surface area (Å²) in [6.07, 6.45) is 4.43. The van der Waals surface area contributed by atoms with Crippen molar-refractivity contribution in [3.63, 3.8) is 0 Å². The molecule has 1 fully saturated rings. The maximum atomic E-state index is 6.88. The standard InChI is InChI=1S/C26H31ClN4O3.ClH/c1-5-10-30-17(3)28-26(29-30)31(22-11-16(2)24(32-4)14-20(22)27)21(12-18-6-7-18)19-8-9-23-25(13-19)34-15-33-23;/h8-9,11,13-14,18,21H,5-7,10,12,15H2,1-4H3;1H/t21-;/m0./s1. The van der Waals surface area contributed by atoms with Gasteiger partial charge in [0.1, 0.15) is 11.6 Å². The monoisotopic (exact) mass is 518 g/mol. The van der Waals surface area contributed by atoms with Crippen molar-refractivity contribution in [2.24, 2.45) is 5.92 Å². The van der Waals surface area contributed by atoms with Gasteiger partial charge in [-0.3, -0.25) is 0 Å². The van der Waals surface area contributed by atoms with Gasteiger partial charge in [-0.1, -0.05) is 37.4 Å². The topological polar surface area (TPSA) is 61.6 Å². The Morgan fingerprint density at radius 1 is 1.17 bits per heavy atom. The van der Waals surface area contributed by atoms with E-state index in [9.17, 15) is 0 Å². The van der Waals surface area contributed by atoms with Crippen molar-refractivity contribution in [3.8, 4) is 17.2 Å². The number of fused-ring (bicyclic) bond motifs is 1. The fraction of sp³-hybridized carbons (Fsp3) is 0.462. The molecule has 1 saturated carbocycles. The molecule has 0 spiro atoms. The summed E-state index contributed by atoms with van der Waals surface area (Å²) in [7, 11) is 1.66. The van der Waals surface area contributed by atoms with E-state index in [0.29, 0.717) is 16.9 Å². The van der Waals surface area contributed by atoms with Crippen molar-refractivity contribution in [1.82, 2.24) is 14.8 Å². The first-order valence-corrected chi connectivity index (χ1v) is 12.3. The Morgan fingerprint density at radius 2 is 1.94 bits per heavy atom. The number of nitrogens with zero attached hydrogens (tertiary/aromatic N) is 4. The zero-order valence-corrected chi connectivity index (χ0v) is 22.2. The molecule has 35 heavy (non-hydrogen) atoms. The number of benzene rings is 2. The highest BCUT2D eigenvalue weighted by Crippen LogP contribution is 2.48. The fourth-order valence-electron chi connectivity index (χ4n) is 4.58. The molecular formula is C26H32Cl2N4O3. The molecule has 0 saturated heterocycles. The van der Waals surface area contributed by atoms with E-state index in [-0.39, 0.29) is 25.2 Å². The van der Waals surface area contributed by atoms with Crippen molar-refractivity contribution < 1.29 is 14.2 Å². The highest BCUT2D eigenvalue weighted by molar-refractivity contribution is 6.33. The van der Waals surface area contributed by atoms with Crippen molar-refractivity contribution >= 4 is 35.6 Å². The third kappa shape index (κ3) is 5.16. The highest BCUT2D eigenvalue weighted by atomic mass is 35.5. The SMILES string of the molecule is CCCn1nc(N(c2cc(C)c(OC)cc2Cl)[C@@H](CC2CC2)c2ccc3c(c2)OCO3)nc1C.Cl. The van der Waals surface area contributed by atoms with Crippen molar-refractivity contribution in [1.29, 1.82) is 0 Å². The normalized spacial score (nSPS) is 15.0. The van der Waals surface area contributed by atoms with Crippen LogP contribution >= 0.6 is 24.0 Å². The number of aromatic nitrogens is 3. The minimum atomic E-state index is -0.0100. The average Bonchev–Trinajstić information content (AvgIpc) is 3.40. The molecule has 9 heteroatoms. The average molecular weight is 519 g/mol. The van der Waals surface area contributed by atoms with Gasteiger partial charge in [-0.15, -0.1) is 17.5 Å². The van der Waals surface area contributed by atoms with E-state index in [0.717, 1.165) is 59.3 Å². The molecule has 0 radical (unpaired) electrons. The van der Waals surface area contributed by atoms with Crippen LogP contribution in [0, 0.1) is 19.8 Å². The molecule has 1 aromatic heterocycles. The largest absolute Gasteiger partial charge is 0.496 e. The van der Waals surface area contributed by atoms with E-state index in [2.05, 4.69) is 30.0 Å². The molecule has 1 aliphatic carbocycles. The van der Waals surface area contributed by atoms with Crippen LogP contribution in [0.5, 0.6) is 17.2 Å². The number of aryl methyl sites for hydroxylation is 3. The van der Waals surface area contributed by atoms with Gasteiger partial charge in [-0.2, -0.15) is 4.98 Å². The maximum Gasteiger partial charge on any atom is 0.250 e. The minimum absolute atomic E-state index is 0. The Hall–Kier alpha value is -2.64. The van der Waals surface area contributed by atoms with E-state index >= 15 is 0 Å². The molecule has 5 rings (SSSR count). The zero-order valence-electron chi connectivity index (χ0n) is 20.6. The van der Waals surface area contributed by atoms with Crippen LogP contribution in [0.4, 0.5) is 11.6 Å². The summed E-state index contributed by atoms with van der Waals surface area (Å²) >= 11 is 6.88. The van der Waals surface area contributed by atoms with Crippen LogP contribution in [0.1, 0.15) is 55.6 Å². The van der Waals surface area contributed by atoms with Crippen LogP contribution in [-0.4, -0.2) is 28.7 Å². The number of rotatable bonds is 9. The van der Waals surface area contributed by atoms with E-state index < -0.39 is 0 Å². The van der Waals surface area contributed by atoms with E-state index in [4.69, 9.17) is 35.9 Å². The first-order chi connectivity index (χ1) is 16.5. The summed E-state index contributed by atoms with van der Waals surface area (Å²) in [5, 5.41) is 5.53. The molecule has 188 valence electrons. The van der Waals surface area contributed by atoms with E-state index in [1.165, 1.54) is 12.8 Å². The Labute approximate surface area is 217 Å². The van der Waals surface area contributed by atoms with Gasteiger partial charge in [-0.25, -0.2) is 4.68 Å². The van der Waals surface area contributed by atoms with Gasteiger partial charge >= 0.3 is 0 Å². The van der Waals surface area contributed by atoms with Gasteiger partial charge in [0.15, 0.2) is 11.5 Å². The summed E-state index contributed by atoms with van der Waals surface area (Å²) in [4.78, 5) is 7.10. The number of hydrogen-bond donors (Lipinski definition) is 0. The lowest BCUT2D eigenvalue weighted by Gasteiger charge is -2.33. The molecule has 0 N–H and O–H groups in total. The lowest BCUT2D eigenvalue weighted by atomic mass is 9.98. The van der Waals surface area contributed by atoms with Gasteiger partial charge in [0.2, 0.25) is 12.7 Å². The molecule has 2 aromatic carbocycles. The zero-order chi connectivity index (χ0) is 23.8. The molecule has 0 unspecified atom stereocenters. The summed E-state index contributed by atoms with van der Waals surface area (Å²) in [5.41, 5.74) is 3.01. The first-order valence-electron chi connectivity index (χ1n) is 11.9. The molecular weight excluding hydrogens is 487 g/mol. The Bertz CT molecular complexity index is 1200. The van der Waals surface area contributed by atoms with Gasteiger partial charge in [0.25, 0.3) is 0 Å². The second-order valence-electron chi connectivity index (χ2n) is 9.13. The molecule has 7 nitrogen and oxygen atoms in total. The fourth-order valence-corrected chi connectivity index (χ4v) is 4.82. The van der Waals surface area contributed by atoms with Crippen LogP contribution in [0.25, 0.3) is 0 Å². The summed E-state index contributed by atoms with van der Waals surface area (Å²) < 4.78 is 18.8. The molecule has 2 heterocycles. The number of ether oxygens (including phenoxy) is 3. The third-order valence-electron chi connectivity index (χ3n) is 6.57. The van der Waals surface area contributed by atoms with Crippen molar-refractivity contribution in [3.05, 3.63) is 52.3 Å². The lowest BCUT2D eigenvalue weighted by molar-refractivity contribution is 0.174. The molecule has 0 bridgehead atoms. The lowest BCUT2D eigenvalue weighted by Crippen LogP contribution is -2.26. The first kappa shape index (κ1) is 25.5. The second-order valence-corrected chi connectivity index (χ2v) is 9.54. The van der Waals surface area contributed by atoms with Crippen LogP contribution in [0.15, 0.2) is 30.3 Å². The highest BCUT2D eigenvalue weighted by Gasteiger charge is 2.35. The molecule has 3 aromatic rings. The number of anilines is 2. The quantitative estimate of drug-likeness (QED) is 0.310. The number of hydrogen-bond acceptors (Lipinski definition) is 6.